The van der Waals surface area contributed by atoms with Crippen LogP contribution in [0.25, 0.3) is 0 Å². The maximum absolute atomic E-state index is 5.43. The van der Waals surface area contributed by atoms with Crippen LogP contribution in [-0.2, 0) is 0 Å². The van der Waals surface area contributed by atoms with Gasteiger partial charge in [0, 0.05) is 37.9 Å². The Balaban J connectivity index is 1.67. The second-order valence-corrected chi connectivity index (χ2v) is 5.54. The number of aromatic nitrogens is 4. The molecule has 0 aromatic carbocycles. The Bertz CT molecular complexity index is 649. The monoisotopic (exact) mass is 314 g/mol. The van der Waals surface area contributed by atoms with E-state index in [9.17, 15) is 0 Å². The molecule has 0 atom stereocenters. The molecule has 0 N–H and O–H groups in total. The van der Waals surface area contributed by atoms with E-state index < -0.39 is 0 Å². The normalized spacial score (nSPS) is 14.9. The number of aryl methyl sites for hydroxylation is 2. The Morgan fingerprint density at radius 2 is 1.65 bits per heavy atom. The molecule has 1 aliphatic rings. The highest BCUT2D eigenvalue weighted by atomic mass is 16.5. The van der Waals surface area contributed by atoms with Crippen LogP contribution in [0.2, 0.25) is 0 Å². The molecule has 3 heterocycles. The number of ether oxygens (including phenoxy) is 1. The predicted molar refractivity (Wildman–Crippen MR) is 89.1 cm³/mol. The fourth-order valence-electron chi connectivity index (χ4n) is 2.73. The molecule has 1 aliphatic heterocycles. The van der Waals surface area contributed by atoms with Crippen molar-refractivity contribution >= 4 is 11.6 Å². The maximum atomic E-state index is 5.43. The fourth-order valence-corrected chi connectivity index (χ4v) is 2.73. The van der Waals surface area contributed by atoms with E-state index in [2.05, 4.69) is 29.7 Å². The van der Waals surface area contributed by atoms with E-state index in [4.69, 9.17) is 4.74 Å². The van der Waals surface area contributed by atoms with Gasteiger partial charge in [0.15, 0.2) is 5.82 Å². The fraction of sp³-hybridized carbons (Fsp3) is 0.500. The molecule has 23 heavy (non-hydrogen) atoms. The van der Waals surface area contributed by atoms with Gasteiger partial charge in [-0.05, 0) is 20.8 Å². The Labute approximate surface area is 136 Å². The summed E-state index contributed by atoms with van der Waals surface area (Å²) in [4.78, 5) is 22.1. The Morgan fingerprint density at radius 1 is 0.957 bits per heavy atom. The van der Waals surface area contributed by atoms with Crippen LogP contribution in [0, 0.1) is 13.8 Å². The largest absolute Gasteiger partial charge is 0.477 e. The molecule has 0 spiro atoms. The second-order valence-electron chi connectivity index (χ2n) is 5.54. The highest BCUT2D eigenvalue weighted by molar-refractivity contribution is 5.45. The van der Waals surface area contributed by atoms with Gasteiger partial charge in [-0.25, -0.2) is 9.97 Å². The molecule has 2 aromatic heterocycles. The summed E-state index contributed by atoms with van der Waals surface area (Å²) in [5, 5.41) is 0. The number of hydrogen-bond acceptors (Lipinski definition) is 7. The van der Waals surface area contributed by atoms with E-state index >= 15 is 0 Å². The summed E-state index contributed by atoms with van der Waals surface area (Å²) < 4.78 is 5.43. The van der Waals surface area contributed by atoms with Crippen LogP contribution in [0.15, 0.2) is 18.5 Å². The van der Waals surface area contributed by atoms with Crippen molar-refractivity contribution < 1.29 is 4.74 Å². The van der Waals surface area contributed by atoms with E-state index in [0.29, 0.717) is 12.5 Å². The maximum Gasteiger partial charge on any atom is 0.234 e. The molecule has 3 rings (SSSR count). The first-order valence-corrected chi connectivity index (χ1v) is 7.92. The lowest BCUT2D eigenvalue weighted by molar-refractivity contribution is 0.325. The minimum absolute atomic E-state index is 0.578. The molecular formula is C16H22N6O. The number of rotatable bonds is 4. The lowest BCUT2D eigenvalue weighted by Gasteiger charge is -2.36. The van der Waals surface area contributed by atoms with E-state index in [1.807, 2.05) is 26.8 Å². The van der Waals surface area contributed by atoms with Crippen LogP contribution < -0.4 is 14.5 Å². The molecule has 0 saturated carbocycles. The summed E-state index contributed by atoms with van der Waals surface area (Å²) >= 11 is 0. The molecule has 0 radical (unpaired) electrons. The Morgan fingerprint density at radius 3 is 2.30 bits per heavy atom. The second kappa shape index (κ2) is 6.76. The zero-order chi connectivity index (χ0) is 16.2. The van der Waals surface area contributed by atoms with Crippen LogP contribution in [0.1, 0.15) is 18.4 Å². The number of anilines is 2. The van der Waals surface area contributed by atoms with Gasteiger partial charge in [-0.1, -0.05) is 0 Å². The van der Waals surface area contributed by atoms with Gasteiger partial charge in [-0.2, -0.15) is 4.98 Å². The van der Waals surface area contributed by atoms with Crippen molar-refractivity contribution in [3.63, 3.8) is 0 Å². The topological polar surface area (TPSA) is 67.3 Å². The summed E-state index contributed by atoms with van der Waals surface area (Å²) in [6.07, 6.45) is 3.44. The molecule has 122 valence electrons. The number of hydrogen-bond donors (Lipinski definition) is 0. The van der Waals surface area contributed by atoms with Crippen LogP contribution >= 0.6 is 0 Å². The van der Waals surface area contributed by atoms with E-state index in [-0.39, 0.29) is 0 Å². The van der Waals surface area contributed by atoms with Gasteiger partial charge >= 0.3 is 0 Å². The molecule has 0 amide bonds. The zero-order valence-corrected chi connectivity index (χ0v) is 13.9. The van der Waals surface area contributed by atoms with Gasteiger partial charge < -0.3 is 14.5 Å². The van der Waals surface area contributed by atoms with Gasteiger partial charge in [0.1, 0.15) is 11.6 Å². The zero-order valence-electron chi connectivity index (χ0n) is 13.9. The molecular weight excluding hydrogens is 292 g/mol. The Hall–Kier alpha value is -2.44. The Kier molecular flexibility index (Phi) is 4.55. The lowest BCUT2D eigenvalue weighted by atomic mass is 10.3. The van der Waals surface area contributed by atoms with Crippen molar-refractivity contribution in [2.24, 2.45) is 0 Å². The van der Waals surface area contributed by atoms with Gasteiger partial charge in [0.2, 0.25) is 5.88 Å². The summed E-state index contributed by atoms with van der Waals surface area (Å²) in [5.74, 6) is 3.27. The van der Waals surface area contributed by atoms with Gasteiger partial charge in [-0.15, -0.1) is 0 Å². The smallest absolute Gasteiger partial charge is 0.234 e. The quantitative estimate of drug-likeness (QED) is 0.849. The van der Waals surface area contributed by atoms with Crippen LogP contribution in [0.4, 0.5) is 11.6 Å². The van der Waals surface area contributed by atoms with E-state index in [1.165, 1.54) is 0 Å². The summed E-state index contributed by atoms with van der Waals surface area (Å²) in [6, 6.07) is 2.04. The number of nitrogens with zero attached hydrogens (tertiary/aromatic N) is 6. The van der Waals surface area contributed by atoms with Gasteiger partial charge in [-0.3, -0.25) is 4.98 Å². The van der Waals surface area contributed by atoms with Crippen molar-refractivity contribution in [2.45, 2.75) is 20.8 Å². The molecule has 1 fully saturated rings. The van der Waals surface area contributed by atoms with Crippen molar-refractivity contribution in [3.8, 4) is 5.88 Å². The lowest BCUT2D eigenvalue weighted by Crippen LogP contribution is -2.47. The van der Waals surface area contributed by atoms with Crippen molar-refractivity contribution in [1.29, 1.82) is 0 Å². The third-order valence-electron chi connectivity index (χ3n) is 3.77. The minimum atomic E-state index is 0.578. The first kappa shape index (κ1) is 15.5. The van der Waals surface area contributed by atoms with E-state index in [1.54, 1.807) is 12.4 Å². The first-order chi connectivity index (χ1) is 11.2. The molecule has 2 aromatic rings. The van der Waals surface area contributed by atoms with E-state index in [0.717, 1.165) is 49.3 Å². The van der Waals surface area contributed by atoms with Crippen LogP contribution in [0.5, 0.6) is 5.88 Å². The third kappa shape index (κ3) is 3.67. The summed E-state index contributed by atoms with van der Waals surface area (Å²) in [7, 11) is 0. The van der Waals surface area contributed by atoms with Gasteiger partial charge in [0.05, 0.1) is 19.0 Å². The SMILES string of the molecule is CCOc1cncc(N2CCN(c3cc(C)nc(C)n3)CC2)n1. The van der Waals surface area contributed by atoms with Crippen molar-refractivity contribution in [3.05, 3.63) is 30.0 Å². The standard InChI is InChI=1S/C16H22N6O/c1-4-23-16-11-17-10-15(20-16)22-7-5-21(6-8-22)14-9-12(2)18-13(3)19-14/h9-11H,4-8H2,1-3H3. The molecule has 0 unspecified atom stereocenters. The molecule has 1 saturated heterocycles. The van der Waals surface area contributed by atoms with Crippen molar-refractivity contribution in [2.75, 3.05) is 42.6 Å². The highest BCUT2D eigenvalue weighted by Crippen LogP contribution is 2.19. The third-order valence-corrected chi connectivity index (χ3v) is 3.77. The molecule has 0 bridgehead atoms. The van der Waals surface area contributed by atoms with Gasteiger partial charge in [0.25, 0.3) is 0 Å². The molecule has 7 heteroatoms. The summed E-state index contributed by atoms with van der Waals surface area (Å²) in [5.41, 5.74) is 1.00. The number of piperazine rings is 1. The first-order valence-electron chi connectivity index (χ1n) is 7.92. The average molecular weight is 314 g/mol. The van der Waals surface area contributed by atoms with Crippen LogP contribution in [-0.4, -0.2) is 52.7 Å². The van der Waals surface area contributed by atoms with Crippen molar-refractivity contribution in [1.82, 2.24) is 19.9 Å². The highest BCUT2D eigenvalue weighted by Gasteiger charge is 2.20. The minimum Gasteiger partial charge on any atom is -0.477 e. The molecule has 0 aliphatic carbocycles. The van der Waals surface area contributed by atoms with Crippen LogP contribution in [0.3, 0.4) is 0 Å². The average Bonchev–Trinajstić information content (AvgIpc) is 2.55. The molecule has 7 nitrogen and oxygen atoms in total. The summed E-state index contributed by atoms with van der Waals surface area (Å²) in [6.45, 7) is 10.0. The predicted octanol–water partition coefficient (Wildman–Crippen LogP) is 1.61.